The summed E-state index contributed by atoms with van der Waals surface area (Å²) in [5.41, 5.74) is 7.80. The fourth-order valence-corrected chi connectivity index (χ4v) is 1.95. The summed E-state index contributed by atoms with van der Waals surface area (Å²) < 4.78 is 5.63. The number of hydrogen-bond donors (Lipinski definition) is 2. The zero-order valence-corrected chi connectivity index (χ0v) is 13.1. The third kappa shape index (κ3) is 6.06. The first kappa shape index (κ1) is 16.5. The molecule has 0 radical (unpaired) electrons. The van der Waals surface area contributed by atoms with Crippen LogP contribution in [0.25, 0.3) is 0 Å². The van der Waals surface area contributed by atoms with E-state index in [1.807, 2.05) is 46.8 Å². The van der Waals surface area contributed by atoms with E-state index in [4.69, 9.17) is 10.5 Å². The first-order valence-corrected chi connectivity index (χ1v) is 6.96. The number of carbonyl (C=O) groups excluding carboxylic acids is 1. The Bertz CT molecular complexity index is 462. The topological polar surface area (TPSA) is 64.3 Å². The van der Waals surface area contributed by atoms with Gasteiger partial charge in [-0.3, -0.25) is 4.79 Å². The van der Waals surface area contributed by atoms with Crippen LogP contribution in [-0.4, -0.2) is 24.1 Å². The highest BCUT2D eigenvalue weighted by molar-refractivity contribution is 5.78. The minimum Gasteiger partial charge on any atom is -0.483 e. The van der Waals surface area contributed by atoms with Gasteiger partial charge in [0.2, 0.25) is 0 Å². The van der Waals surface area contributed by atoms with E-state index >= 15 is 0 Å². The maximum absolute atomic E-state index is 11.8. The highest BCUT2D eigenvalue weighted by atomic mass is 16.5. The van der Waals surface area contributed by atoms with Gasteiger partial charge in [0, 0.05) is 11.6 Å². The maximum atomic E-state index is 11.8. The number of amides is 1. The first-order chi connectivity index (χ1) is 9.17. The Morgan fingerprint density at radius 2 is 2.05 bits per heavy atom. The third-order valence-corrected chi connectivity index (χ3v) is 2.63. The Balaban J connectivity index is 2.70. The van der Waals surface area contributed by atoms with Crippen LogP contribution in [0.4, 0.5) is 0 Å². The van der Waals surface area contributed by atoms with Crippen molar-refractivity contribution in [2.75, 3.05) is 6.61 Å². The minimum absolute atomic E-state index is 0.0201. The van der Waals surface area contributed by atoms with Gasteiger partial charge in [0.05, 0.1) is 0 Å². The molecule has 4 nitrogen and oxygen atoms in total. The Morgan fingerprint density at radius 3 is 2.60 bits per heavy atom. The van der Waals surface area contributed by atoms with E-state index in [2.05, 4.69) is 11.4 Å². The van der Waals surface area contributed by atoms with Gasteiger partial charge < -0.3 is 15.8 Å². The monoisotopic (exact) mass is 278 g/mol. The molecule has 1 atom stereocenters. The summed E-state index contributed by atoms with van der Waals surface area (Å²) in [5, 5.41) is 2.87. The average Bonchev–Trinajstić information content (AvgIpc) is 2.24. The molecule has 1 amide bonds. The van der Waals surface area contributed by atoms with Gasteiger partial charge in [-0.15, -0.1) is 0 Å². The summed E-state index contributed by atoms with van der Waals surface area (Å²) in [4.78, 5) is 11.8. The van der Waals surface area contributed by atoms with E-state index in [1.54, 1.807) is 0 Å². The number of nitrogens with one attached hydrogen (secondary N) is 1. The molecule has 1 aromatic carbocycles. The summed E-state index contributed by atoms with van der Waals surface area (Å²) in [6.45, 7) is 9.83. The van der Waals surface area contributed by atoms with Gasteiger partial charge in [-0.1, -0.05) is 17.7 Å². The number of nitrogens with two attached hydrogens (primary N) is 1. The zero-order valence-electron chi connectivity index (χ0n) is 13.1. The normalized spacial score (nSPS) is 12.9. The molecule has 1 unspecified atom stereocenters. The summed E-state index contributed by atoms with van der Waals surface area (Å²) in [7, 11) is 0. The molecule has 0 aliphatic rings. The molecular formula is C16H26N2O2. The lowest BCUT2D eigenvalue weighted by atomic mass is 10.0. The van der Waals surface area contributed by atoms with Crippen LogP contribution >= 0.6 is 0 Å². The number of hydrogen-bond acceptors (Lipinski definition) is 3. The third-order valence-electron chi connectivity index (χ3n) is 2.63. The minimum atomic E-state index is -0.248. The Labute approximate surface area is 121 Å². The van der Waals surface area contributed by atoms with Crippen molar-refractivity contribution in [1.82, 2.24) is 5.32 Å². The van der Waals surface area contributed by atoms with Crippen LogP contribution in [0, 0.1) is 6.92 Å². The van der Waals surface area contributed by atoms with Crippen molar-refractivity contribution < 1.29 is 9.53 Å². The second-order valence-electron chi connectivity index (χ2n) is 6.38. The van der Waals surface area contributed by atoms with Crippen LogP contribution in [0.1, 0.15) is 38.8 Å². The lowest BCUT2D eigenvalue weighted by Gasteiger charge is -2.21. The zero-order chi connectivity index (χ0) is 15.3. The lowest BCUT2D eigenvalue weighted by molar-refractivity contribution is -0.124. The van der Waals surface area contributed by atoms with Gasteiger partial charge in [-0.05, 0) is 52.7 Å². The molecule has 1 rings (SSSR count). The van der Waals surface area contributed by atoms with Crippen molar-refractivity contribution in [3.63, 3.8) is 0 Å². The molecule has 4 heteroatoms. The molecule has 0 bridgehead atoms. The quantitative estimate of drug-likeness (QED) is 0.867. The second-order valence-corrected chi connectivity index (χ2v) is 6.38. The van der Waals surface area contributed by atoms with E-state index in [9.17, 15) is 4.79 Å². The fraction of sp³-hybridized carbons (Fsp3) is 0.562. The molecule has 0 saturated carbocycles. The number of carbonyl (C=O) groups is 1. The smallest absolute Gasteiger partial charge is 0.258 e. The van der Waals surface area contributed by atoms with E-state index in [0.29, 0.717) is 0 Å². The molecule has 0 aliphatic carbocycles. The average molecular weight is 278 g/mol. The van der Waals surface area contributed by atoms with E-state index in [0.717, 1.165) is 23.3 Å². The van der Waals surface area contributed by atoms with E-state index in [-0.39, 0.29) is 24.1 Å². The van der Waals surface area contributed by atoms with Crippen LogP contribution in [0.15, 0.2) is 18.2 Å². The van der Waals surface area contributed by atoms with Crippen molar-refractivity contribution in [2.45, 2.75) is 52.6 Å². The summed E-state index contributed by atoms with van der Waals surface area (Å²) in [6.07, 6.45) is 0.734. The highest BCUT2D eigenvalue weighted by Crippen LogP contribution is 2.21. The van der Waals surface area contributed by atoms with Crippen molar-refractivity contribution >= 4 is 5.91 Å². The predicted octanol–water partition coefficient (Wildman–Crippen LogP) is 2.18. The molecule has 20 heavy (non-hydrogen) atoms. The number of aryl methyl sites for hydroxylation is 1. The Morgan fingerprint density at radius 1 is 1.40 bits per heavy atom. The molecule has 0 heterocycles. The van der Waals surface area contributed by atoms with Crippen LogP contribution in [-0.2, 0) is 11.2 Å². The molecule has 0 aromatic heterocycles. The van der Waals surface area contributed by atoms with E-state index in [1.165, 1.54) is 0 Å². The number of ether oxygens (including phenoxy) is 1. The molecule has 3 N–H and O–H groups in total. The van der Waals surface area contributed by atoms with Gasteiger partial charge >= 0.3 is 0 Å². The standard InChI is InChI=1S/C16H26N2O2/c1-11-6-7-14(13(8-11)9-12(2)17)20-10-15(19)18-16(3,4)5/h6-8,12H,9-10,17H2,1-5H3,(H,18,19). The Kier molecular flexibility index (Phi) is 5.57. The second kappa shape index (κ2) is 6.75. The summed E-state index contributed by atoms with van der Waals surface area (Å²) >= 11 is 0. The summed E-state index contributed by atoms with van der Waals surface area (Å²) in [6, 6.07) is 5.99. The number of rotatable bonds is 5. The lowest BCUT2D eigenvalue weighted by Crippen LogP contribution is -2.43. The van der Waals surface area contributed by atoms with Crippen molar-refractivity contribution in [3.8, 4) is 5.75 Å². The molecular weight excluding hydrogens is 252 g/mol. The SMILES string of the molecule is Cc1ccc(OCC(=O)NC(C)(C)C)c(CC(C)N)c1. The molecule has 0 aliphatic heterocycles. The molecule has 112 valence electrons. The van der Waals surface area contributed by atoms with Gasteiger partial charge in [0.25, 0.3) is 5.91 Å². The first-order valence-electron chi connectivity index (χ1n) is 6.96. The van der Waals surface area contributed by atoms with Gasteiger partial charge in [-0.2, -0.15) is 0 Å². The van der Waals surface area contributed by atoms with Crippen LogP contribution in [0.2, 0.25) is 0 Å². The van der Waals surface area contributed by atoms with E-state index < -0.39 is 0 Å². The van der Waals surface area contributed by atoms with Gasteiger partial charge in [0.1, 0.15) is 5.75 Å². The van der Waals surface area contributed by atoms with Crippen molar-refractivity contribution in [3.05, 3.63) is 29.3 Å². The maximum Gasteiger partial charge on any atom is 0.258 e. The molecule has 0 saturated heterocycles. The van der Waals surface area contributed by atoms with Crippen molar-refractivity contribution in [1.29, 1.82) is 0 Å². The van der Waals surface area contributed by atoms with Gasteiger partial charge in [-0.25, -0.2) is 0 Å². The fourth-order valence-electron chi connectivity index (χ4n) is 1.95. The van der Waals surface area contributed by atoms with Crippen LogP contribution < -0.4 is 15.8 Å². The predicted molar refractivity (Wildman–Crippen MR) is 81.9 cm³/mol. The van der Waals surface area contributed by atoms with Gasteiger partial charge in [0.15, 0.2) is 6.61 Å². The summed E-state index contributed by atoms with van der Waals surface area (Å²) in [5.74, 6) is 0.613. The van der Waals surface area contributed by atoms with Crippen LogP contribution in [0.3, 0.4) is 0 Å². The van der Waals surface area contributed by atoms with Crippen molar-refractivity contribution in [2.24, 2.45) is 5.73 Å². The molecule has 0 fully saturated rings. The number of benzene rings is 1. The molecule has 0 spiro atoms. The van der Waals surface area contributed by atoms with Crippen LogP contribution in [0.5, 0.6) is 5.75 Å². The largest absolute Gasteiger partial charge is 0.483 e. The highest BCUT2D eigenvalue weighted by Gasteiger charge is 2.15. The Hall–Kier alpha value is -1.55. The molecule has 1 aromatic rings.